The number of carbonyl (C=O) groups excluding carboxylic acids is 2. The zero-order chi connectivity index (χ0) is 23.9. The first-order valence-electron chi connectivity index (χ1n) is 10.5. The first kappa shape index (κ1) is 27.0. The normalized spacial score (nSPS) is 11.9. The molecular formula is C23H33NO8. The minimum Gasteiger partial charge on any atom is -0.493 e. The van der Waals surface area contributed by atoms with Crippen LogP contribution in [0.1, 0.15) is 52.0 Å². The lowest BCUT2D eigenvalue weighted by Crippen LogP contribution is -2.23. The molecule has 1 rings (SSSR count). The summed E-state index contributed by atoms with van der Waals surface area (Å²) in [5, 5.41) is 11.4. The number of carboxylic acids is 1. The van der Waals surface area contributed by atoms with Gasteiger partial charge in [0.15, 0.2) is 11.5 Å². The predicted octanol–water partition coefficient (Wildman–Crippen LogP) is 4.05. The van der Waals surface area contributed by atoms with Crippen LogP contribution in [0, 0.1) is 5.92 Å². The molecule has 2 N–H and O–H groups in total. The molecule has 1 atom stereocenters. The molecule has 0 bridgehead atoms. The summed E-state index contributed by atoms with van der Waals surface area (Å²) in [6.45, 7) is 5.34. The molecule has 9 heteroatoms. The number of unbranched alkanes of at least 4 members (excludes halogenated alkanes) is 2. The van der Waals surface area contributed by atoms with Crippen molar-refractivity contribution in [3.63, 3.8) is 0 Å². The molecule has 0 aliphatic heterocycles. The molecule has 0 saturated carbocycles. The van der Waals surface area contributed by atoms with E-state index >= 15 is 0 Å². The minimum absolute atomic E-state index is 0.0314. The van der Waals surface area contributed by atoms with E-state index in [2.05, 4.69) is 31.3 Å². The molecule has 0 aliphatic carbocycles. The lowest BCUT2D eigenvalue weighted by atomic mass is 10.1. The van der Waals surface area contributed by atoms with E-state index in [0.29, 0.717) is 18.9 Å². The molecule has 178 valence electrons. The number of allylic oxidation sites excluding steroid dienone is 2. The smallest absolute Gasteiger partial charge is 0.493 e. The van der Waals surface area contributed by atoms with E-state index in [9.17, 15) is 14.4 Å². The standard InChI is InChI=1S/C23H33NO8/c1-16(2)9-7-5-6-8-10-21(25)24-14-18-11-12-19(20(13-18)29-4)32-23(28)31-17(3)30-15-22(26)27/h7,9,11-13,16-17H,5-6,8,10,14-15H2,1-4H3,(H,24,25)(H,26,27)/b9-7+. The van der Waals surface area contributed by atoms with Crippen molar-refractivity contribution in [3.8, 4) is 11.5 Å². The molecule has 0 heterocycles. The van der Waals surface area contributed by atoms with Crippen LogP contribution in [0.4, 0.5) is 4.79 Å². The number of methoxy groups -OCH3 is 1. The Morgan fingerprint density at radius 1 is 1.12 bits per heavy atom. The number of ether oxygens (including phenoxy) is 4. The fourth-order valence-electron chi connectivity index (χ4n) is 2.58. The van der Waals surface area contributed by atoms with Gasteiger partial charge in [-0.3, -0.25) is 4.79 Å². The maximum atomic E-state index is 12.0. The first-order valence-corrected chi connectivity index (χ1v) is 10.5. The SMILES string of the molecule is COc1cc(CNC(=O)CCCC/C=C/C(C)C)ccc1OC(=O)OC(C)OCC(=O)O. The van der Waals surface area contributed by atoms with Crippen molar-refractivity contribution in [1.82, 2.24) is 5.32 Å². The number of carbonyl (C=O) groups is 3. The fourth-order valence-corrected chi connectivity index (χ4v) is 2.58. The van der Waals surface area contributed by atoms with E-state index in [1.54, 1.807) is 12.1 Å². The van der Waals surface area contributed by atoms with Crippen LogP contribution in [0.15, 0.2) is 30.4 Å². The van der Waals surface area contributed by atoms with Crippen molar-refractivity contribution >= 4 is 18.0 Å². The monoisotopic (exact) mass is 451 g/mol. The third kappa shape index (κ3) is 11.9. The van der Waals surface area contributed by atoms with Gasteiger partial charge >= 0.3 is 12.1 Å². The van der Waals surface area contributed by atoms with Gasteiger partial charge in [-0.25, -0.2) is 9.59 Å². The van der Waals surface area contributed by atoms with Crippen molar-refractivity contribution in [2.75, 3.05) is 13.7 Å². The average Bonchev–Trinajstić information content (AvgIpc) is 2.73. The molecule has 0 aliphatic rings. The largest absolute Gasteiger partial charge is 0.516 e. The third-order valence-electron chi connectivity index (χ3n) is 4.16. The number of hydrogen-bond acceptors (Lipinski definition) is 7. The second-order valence-electron chi connectivity index (χ2n) is 7.42. The quantitative estimate of drug-likeness (QED) is 0.143. The summed E-state index contributed by atoms with van der Waals surface area (Å²) in [5.41, 5.74) is 0.772. The summed E-state index contributed by atoms with van der Waals surface area (Å²) in [5.74, 6) is -0.274. The number of rotatable bonds is 14. The lowest BCUT2D eigenvalue weighted by Gasteiger charge is -2.14. The van der Waals surface area contributed by atoms with E-state index in [1.807, 2.05) is 0 Å². The van der Waals surface area contributed by atoms with Gasteiger partial charge in [0.2, 0.25) is 12.2 Å². The van der Waals surface area contributed by atoms with Gasteiger partial charge in [0.05, 0.1) is 7.11 Å². The maximum absolute atomic E-state index is 12.0. The Hall–Kier alpha value is -3.07. The molecule has 32 heavy (non-hydrogen) atoms. The Morgan fingerprint density at radius 3 is 2.53 bits per heavy atom. The van der Waals surface area contributed by atoms with Gasteiger partial charge in [-0.15, -0.1) is 0 Å². The molecule has 0 saturated heterocycles. The van der Waals surface area contributed by atoms with Crippen LogP contribution in [0.3, 0.4) is 0 Å². The molecule has 0 aromatic heterocycles. The van der Waals surface area contributed by atoms with E-state index in [4.69, 9.17) is 24.1 Å². The summed E-state index contributed by atoms with van der Waals surface area (Å²) >= 11 is 0. The van der Waals surface area contributed by atoms with Crippen LogP contribution in [0.5, 0.6) is 11.5 Å². The van der Waals surface area contributed by atoms with Crippen LogP contribution in [0.2, 0.25) is 0 Å². The fraction of sp³-hybridized carbons (Fsp3) is 0.522. The number of nitrogens with one attached hydrogen (secondary N) is 1. The Morgan fingerprint density at radius 2 is 1.88 bits per heavy atom. The number of benzene rings is 1. The molecule has 0 radical (unpaired) electrons. The van der Waals surface area contributed by atoms with Crippen molar-refractivity contribution in [3.05, 3.63) is 35.9 Å². The van der Waals surface area contributed by atoms with E-state index in [1.165, 1.54) is 20.1 Å². The van der Waals surface area contributed by atoms with Gasteiger partial charge in [-0.2, -0.15) is 0 Å². The summed E-state index contributed by atoms with van der Waals surface area (Å²) in [6.07, 6.45) is 5.37. The summed E-state index contributed by atoms with van der Waals surface area (Å²) in [4.78, 5) is 34.3. The van der Waals surface area contributed by atoms with E-state index in [-0.39, 0.29) is 17.4 Å². The Balaban J connectivity index is 2.45. The second-order valence-corrected chi connectivity index (χ2v) is 7.42. The highest BCUT2D eigenvalue weighted by atomic mass is 16.8. The molecule has 1 unspecified atom stereocenters. The van der Waals surface area contributed by atoms with Gasteiger partial charge in [0.1, 0.15) is 6.61 Å². The molecular weight excluding hydrogens is 418 g/mol. The molecule has 1 aromatic rings. The Bertz CT molecular complexity index is 775. The predicted molar refractivity (Wildman–Crippen MR) is 117 cm³/mol. The van der Waals surface area contributed by atoms with Crippen LogP contribution in [-0.4, -0.2) is 43.1 Å². The third-order valence-corrected chi connectivity index (χ3v) is 4.16. The zero-order valence-corrected chi connectivity index (χ0v) is 19.1. The number of aliphatic carboxylic acids is 1. The van der Waals surface area contributed by atoms with Crippen molar-refractivity contribution in [2.45, 2.75) is 59.3 Å². The maximum Gasteiger partial charge on any atom is 0.516 e. The first-order chi connectivity index (χ1) is 15.2. The van der Waals surface area contributed by atoms with E-state index < -0.39 is 25.0 Å². The minimum atomic E-state index is -1.18. The topological polar surface area (TPSA) is 120 Å². The lowest BCUT2D eigenvalue weighted by molar-refractivity contribution is -0.155. The zero-order valence-electron chi connectivity index (χ0n) is 19.1. The van der Waals surface area contributed by atoms with Crippen molar-refractivity contribution < 1.29 is 38.4 Å². The highest BCUT2D eigenvalue weighted by Crippen LogP contribution is 2.28. The number of amides is 1. The Kier molecular flexibility index (Phi) is 12.5. The van der Waals surface area contributed by atoms with Gasteiger partial charge in [-0.1, -0.05) is 32.1 Å². The molecule has 0 spiro atoms. The van der Waals surface area contributed by atoms with Crippen LogP contribution >= 0.6 is 0 Å². The average molecular weight is 452 g/mol. The summed E-state index contributed by atoms with van der Waals surface area (Å²) < 4.78 is 19.9. The van der Waals surface area contributed by atoms with Gasteiger partial charge < -0.3 is 29.4 Å². The highest BCUT2D eigenvalue weighted by Gasteiger charge is 2.16. The molecule has 9 nitrogen and oxygen atoms in total. The van der Waals surface area contributed by atoms with Gasteiger partial charge in [0, 0.05) is 13.0 Å². The summed E-state index contributed by atoms with van der Waals surface area (Å²) in [6, 6.07) is 4.85. The van der Waals surface area contributed by atoms with Gasteiger partial charge in [-0.05, 0) is 49.8 Å². The Labute approximate surface area is 188 Å². The van der Waals surface area contributed by atoms with Crippen LogP contribution < -0.4 is 14.8 Å². The summed E-state index contributed by atoms with van der Waals surface area (Å²) in [7, 11) is 1.42. The number of carboxylic acid groups (broad SMARTS) is 1. The number of hydrogen-bond donors (Lipinski definition) is 2. The van der Waals surface area contributed by atoms with Crippen LogP contribution in [0.25, 0.3) is 0 Å². The molecule has 1 amide bonds. The van der Waals surface area contributed by atoms with Crippen molar-refractivity contribution in [2.24, 2.45) is 5.92 Å². The van der Waals surface area contributed by atoms with E-state index in [0.717, 1.165) is 24.8 Å². The van der Waals surface area contributed by atoms with Gasteiger partial charge in [0.25, 0.3) is 0 Å². The highest BCUT2D eigenvalue weighted by molar-refractivity contribution is 5.75. The molecule has 0 fully saturated rings. The van der Waals surface area contributed by atoms with Crippen molar-refractivity contribution in [1.29, 1.82) is 0 Å². The second kappa shape index (κ2) is 14.9. The van der Waals surface area contributed by atoms with Crippen LogP contribution in [-0.2, 0) is 25.6 Å². The molecule has 1 aromatic carbocycles.